The molecule has 2 aromatic heterocycles. The van der Waals surface area contributed by atoms with Crippen molar-refractivity contribution in [1.29, 1.82) is 10.5 Å². The maximum Gasteiger partial charge on any atom is 0.416 e. The Morgan fingerprint density at radius 1 is 0.453 bits per heavy atom. The van der Waals surface area contributed by atoms with Gasteiger partial charge in [-0.25, -0.2) is 14.5 Å². The van der Waals surface area contributed by atoms with Gasteiger partial charge in [-0.3, -0.25) is 0 Å². The highest BCUT2D eigenvalue weighted by Crippen LogP contribution is 2.45. The predicted molar refractivity (Wildman–Crippen MR) is 245 cm³/mol. The molecule has 10 rings (SSSR count). The molecule has 0 unspecified atom stereocenters. The van der Waals surface area contributed by atoms with Crippen LogP contribution < -0.4 is 0 Å². The smallest absolute Gasteiger partial charge is 0.309 e. The summed E-state index contributed by atoms with van der Waals surface area (Å²) in [5.74, 6) is 0. The van der Waals surface area contributed by atoms with Crippen molar-refractivity contribution in [2.45, 2.75) is 6.18 Å². The first-order chi connectivity index (χ1) is 31.1. The SMILES string of the molecule is [C-]#[N+]c1ccc(-c2ccc3c(c2)c2ccccc2n3-c2cc(C(F)(F)F)ccc2-c2cc([N+]#[C-])ccc2-n2c3ccccc3c3cc(-c4ccc(C#N)cc4[N+]#[C-])ccc32)c(C#N)c1. The number of halogens is 3. The molecule has 7 nitrogen and oxygen atoms in total. The van der Waals surface area contributed by atoms with Crippen molar-refractivity contribution in [3.8, 4) is 56.9 Å². The quantitative estimate of drug-likeness (QED) is 0.162. The number of benzene rings is 8. The van der Waals surface area contributed by atoms with Gasteiger partial charge >= 0.3 is 6.18 Å². The molecular formula is C54H26F3N7. The lowest BCUT2D eigenvalue weighted by Crippen LogP contribution is -2.08. The highest BCUT2D eigenvalue weighted by Gasteiger charge is 2.32. The van der Waals surface area contributed by atoms with E-state index in [9.17, 15) is 23.7 Å². The summed E-state index contributed by atoms with van der Waals surface area (Å²) in [6, 6.07) is 49.9. The summed E-state index contributed by atoms with van der Waals surface area (Å²) in [4.78, 5) is 10.9. The zero-order chi connectivity index (χ0) is 44.3. The molecule has 10 heteroatoms. The van der Waals surface area contributed by atoms with E-state index in [1.165, 1.54) is 12.1 Å². The predicted octanol–water partition coefficient (Wildman–Crippen LogP) is 15.3. The third kappa shape index (κ3) is 6.17. The summed E-state index contributed by atoms with van der Waals surface area (Å²) in [6.07, 6.45) is -4.68. The number of nitriles is 2. The molecule has 298 valence electrons. The largest absolute Gasteiger partial charge is 0.416 e. The van der Waals surface area contributed by atoms with Gasteiger partial charge in [0.2, 0.25) is 0 Å². The Hall–Kier alpha value is -9.40. The van der Waals surface area contributed by atoms with E-state index in [0.717, 1.165) is 50.3 Å². The van der Waals surface area contributed by atoms with Gasteiger partial charge in [-0.05, 0) is 107 Å². The summed E-state index contributed by atoms with van der Waals surface area (Å²) in [5.41, 5.74) is 8.33. The maximum atomic E-state index is 14.8. The first kappa shape index (κ1) is 38.8. The average Bonchev–Trinajstić information content (AvgIpc) is 3.84. The van der Waals surface area contributed by atoms with Crippen LogP contribution in [0.2, 0.25) is 0 Å². The third-order valence-electron chi connectivity index (χ3n) is 11.7. The topological polar surface area (TPSA) is 70.5 Å². The van der Waals surface area contributed by atoms with E-state index in [-0.39, 0.29) is 5.69 Å². The minimum atomic E-state index is -4.68. The van der Waals surface area contributed by atoms with Gasteiger partial charge in [-0.1, -0.05) is 78.9 Å². The fourth-order valence-corrected chi connectivity index (χ4v) is 8.81. The number of alkyl halides is 3. The molecule has 0 amide bonds. The number of hydrogen-bond acceptors (Lipinski definition) is 2. The monoisotopic (exact) mass is 829 g/mol. The minimum Gasteiger partial charge on any atom is -0.309 e. The van der Waals surface area contributed by atoms with Crippen LogP contribution in [0.3, 0.4) is 0 Å². The van der Waals surface area contributed by atoms with Crippen molar-refractivity contribution in [3.63, 3.8) is 0 Å². The van der Waals surface area contributed by atoms with Crippen LogP contribution in [0.25, 0.3) is 103 Å². The molecule has 0 radical (unpaired) electrons. The first-order valence-corrected chi connectivity index (χ1v) is 19.8. The van der Waals surface area contributed by atoms with Crippen molar-refractivity contribution in [1.82, 2.24) is 9.13 Å². The van der Waals surface area contributed by atoms with Crippen LogP contribution in [0.5, 0.6) is 0 Å². The minimum absolute atomic E-state index is 0.242. The molecule has 0 N–H and O–H groups in total. The van der Waals surface area contributed by atoms with Crippen molar-refractivity contribution in [2.75, 3.05) is 0 Å². The molecule has 0 aliphatic carbocycles. The fraction of sp³-hybridized carbons (Fsp3) is 0.0185. The van der Waals surface area contributed by atoms with Gasteiger partial charge in [0.15, 0.2) is 17.1 Å². The van der Waals surface area contributed by atoms with Crippen LogP contribution >= 0.6 is 0 Å². The highest BCUT2D eigenvalue weighted by molar-refractivity contribution is 6.13. The molecule has 0 spiro atoms. The molecule has 10 aromatic rings. The van der Waals surface area contributed by atoms with Gasteiger partial charge in [0.1, 0.15) is 0 Å². The second kappa shape index (κ2) is 14.9. The van der Waals surface area contributed by atoms with Gasteiger partial charge < -0.3 is 9.13 Å². The van der Waals surface area contributed by atoms with Crippen molar-refractivity contribution >= 4 is 60.7 Å². The molecule has 8 aromatic carbocycles. The number of fused-ring (bicyclic) bond motifs is 6. The van der Waals surface area contributed by atoms with E-state index in [1.54, 1.807) is 42.5 Å². The van der Waals surface area contributed by atoms with E-state index in [0.29, 0.717) is 72.7 Å². The molecule has 0 saturated carbocycles. The Balaban J connectivity index is 1.25. The molecular weight excluding hydrogens is 804 g/mol. The summed E-state index contributed by atoms with van der Waals surface area (Å²) >= 11 is 0. The third-order valence-corrected chi connectivity index (χ3v) is 11.7. The molecule has 0 fully saturated rings. The van der Waals surface area contributed by atoms with Crippen molar-refractivity contribution in [2.24, 2.45) is 0 Å². The first-order valence-electron chi connectivity index (χ1n) is 19.8. The molecule has 0 bridgehead atoms. The van der Waals surface area contributed by atoms with Crippen molar-refractivity contribution in [3.05, 3.63) is 209 Å². The Morgan fingerprint density at radius 2 is 1.02 bits per heavy atom. The van der Waals surface area contributed by atoms with E-state index in [1.807, 2.05) is 95.6 Å². The Morgan fingerprint density at radius 3 is 1.62 bits per heavy atom. The van der Waals surface area contributed by atoms with Crippen LogP contribution in [0.4, 0.5) is 30.2 Å². The number of rotatable bonds is 5. The van der Waals surface area contributed by atoms with Gasteiger partial charge in [0, 0.05) is 38.2 Å². The lowest BCUT2D eigenvalue weighted by molar-refractivity contribution is -0.137. The van der Waals surface area contributed by atoms with Gasteiger partial charge in [0.05, 0.1) is 70.9 Å². The maximum absolute atomic E-state index is 14.8. The Bertz CT molecular complexity index is 3850. The van der Waals surface area contributed by atoms with Gasteiger partial charge in [-0.15, -0.1) is 0 Å². The molecule has 64 heavy (non-hydrogen) atoms. The summed E-state index contributed by atoms with van der Waals surface area (Å²) in [6.45, 7) is 23.3. The lowest BCUT2D eigenvalue weighted by Gasteiger charge is -2.20. The van der Waals surface area contributed by atoms with Crippen LogP contribution in [0.1, 0.15) is 16.7 Å². The van der Waals surface area contributed by atoms with E-state index >= 15 is 0 Å². The molecule has 2 heterocycles. The van der Waals surface area contributed by atoms with Crippen LogP contribution in [-0.2, 0) is 6.18 Å². The number of para-hydroxylation sites is 2. The highest BCUT2D eigenvalue weighted by atomic mass is 19.4. The summed E-state index contributed by atoms with van der Waals surface area (Å²) < 4.78 is 48.3. The zero-order valence-electron chi connectivity index (χ0n) is 33.3. The molecule has 0 atom stereocenters. The summed E-state index contributed by atoms with van der Waals surface area (Å²) in [5, 5.41) is 22.8. The van der Waals surface area contributed by atoms with E-state index in [4.69, 9.17) is 19.7 Å². The van der Waals surface area contributed by atoms with E-state index in [2.05, 4.69) is 31.2 Å². The van der Waals surface area contributed by atoms with Gasteiger partial charge in [0.25, 0.3) is 0 Å². The number of nitrogens with zero attached hydrogens (tertiary/aromatic N) is 7. The fourth-order valence-electron chi connectivity index (χ4n) is 8.81. The second-order valence-corrected chi connectivity index (χ2v) is 15.1. The molecule has 0 aliphatic heterocycles. The Labute approximate surface area is 364 Å². The van der Waals surface area contributed by atoms with Crippen LogP contribution in [0.15, 0.2) is 158 Å². The zero-order valence-corrected chi connectivity index (χ0v) is 33.3. The molecule has 0 aliphatic rings. The summed E-state index contributed by atoms with van der Waals surface area (Å²) in [7, 11) is 0. The lowest BCUT2D eigenvalue weighted by atomic mass is 9.97. The second-order valence-electron chi connectivity index (χ2n) is 15.1. The number of aromatic nitrogens is 2. The number of hydrogen-bond donors (Lipinski definition) is 0. The normalized spacial score (nSPS) is 11.3. The average molecular weight is 830 g/mol. The Kier molecular flexibility index (Phi) is 9.06. The van der Waals surface area contributed by atoms with Crippen LogP contribution in [-0.4, -0.2) is 9.13 Å². The van der Waals surface area contributed by atoms with Gasteiger partial charge in [-0.2, -0.15) is 23.7 Å². The van der Waals surface area contributed by atoms with Crippen molar-refractivity contribution < 1.29 is 13.2 Å². The van der Waals surface area contributed by atoms with E-state index < -0.39 is 11.7 Å². The standard InChI is InChI=1S/C54H26F3N7/c1-60-37-16-20-39(35(25-37)31-59)33-13-21-51-44(26-33)42-9-5-7-11-49(42)64(51)53-28-36(54(55,56)57)15-19-43(53)46-29-38(61-2)17-23-52(46)63-48-10-6-4-8-41(48)45-27-34(14-22-50(45)63)40-18-12-32(30-58)24-47(40)62-3/h4-29H. The van der Waals surface area contributed by atoms with Crippen LogP contribution in [0, 0.1) is 42.4 Å². The molecule has 0 saturated heterocycles.